The van der Waals surface area contributed by atoms with E-state index < -0.39 is 0 Å². The molecule has 13 heavy (non-hydrogen) atoms. The summed E-state index contributed by atoms with van der Waals surface area (Å²) in [6.07, 6.45) is 0.666. The standard InChI is InChI=1S/C7H7N5O/c8-3-7-10-9-6-2-1-5(4-13)11-12(6)7/h1-2,4H,3,8H2. The first-order valence-electron chi connectivity index (χ1n) is 3.71. The molecule has 6 nitrogen and oxygen atoms in total. The molecule has 2 heterocycles. The van der Waals surface area contributed by atoms with Crippen molar-refractivity contribution in [3.63, 3.8) is 0 Å². The van der Waals surface area contributed by atoms with Crippen molar-refractivity contribution in [2.75, 3.05) is 0 Å². The van der Waals surface area contributed by atoms with Gasteiger partial charge in [0.15, 0.2) is 17.8 Å². The van der Waals surface area contributed by atoms with Crippen molar-refractivity contribution < 1.29 is 4.79 Å². The molecule has 0 spiro atoms. The van der Waals surface area contributed by atoms with E-state index >= 15 is 0 Å². The summed E-state index contributed by atoms with van der Waals surface area (Å²) in [6.45, 7) is 0.247. The molecule has 0 amide bonds. The maximum atomic E-state index is 10.4. The Labute approximate surface area is 73.4 Å². The predicted molar refractivity (Wildman–Crippen MR) is 44.1 cm³/mol. The van der Waals surface area contributed by atoms with Gasteiger partial charge in [-0.05, 0) is 12.1 Å². The highest BCUT2D eigenvalue weighted by molar-refractivity contribution is 5.71. The SMILES string of the molecule is NCc1nnc2ccc(C=O)nn12. The summed E-state index contributed by atoms with van der Waals surface area (Å²) in [5.41, 5.74) is 6.32. The second-order valence-corrected chi connectivity index (χ2v) is 2.47. The number of fused-ring (bicyclic) bond motifs is 1. The van der Waals surface area contributed by atoms with E-state index in [0.29, 0.717) is 23.5 Å². The molecule has 0 radical (unpaired) electrons. The number of nitrogens with two attached hydrogens (primary N) is 1. The summed E-state index contributed by atoms with van der Waals surface area (Å²) in [7, 11) is 0. The molecule has 2 aromatic heterocycles. The van der Waals surface area contributed by atoms with E-state index in [4.69, 9.17) is 5.73 Å². The van der Waals surface area contributed by atoms with Crippen molar-refractivity contribution in [2.24, 2.45) is 5.73 Å². The van der Waals surface area contributed by atoms with Gasteiger partial charge < -0.3 is 5.73 Å². The lowest BCUT2D eigenvalue weighted by atomic mass is 10.4. The van der Waals surface area contributed by atoms with E-state index in [9.17, 15) is 4.79 Å². The van der Waals surface area contributed by atoms with Gasteiger partial charge in [0, 0.05) is 0 Å². The van der Waals surface area contributed by atoms with Crippen molar-refractivity contribution >= 4 is 11.9 Å². The van der Waals surface area contributed by atoms with Crippen LogP contribution in [0.3, 0.4) is 0 Å². The van der Waals surface area contributed by atoms with Crippen LogP contribution in [0.5, 0.6) is 0 Å². The molecular weight excluding hydrogens is 170 g/mol. The third kappa shape index (κ3) is 1.17. The molecule has 0 atom stereocenters. The Morgan fingerprint density at radius 1 is 1.46 bits per heavy atom. The van der Waals surface area contributed by atoms with Gasteiger partial charge in [-0.1, -0.05) is 0 Å². The highest BCUT2D eigenvalue weighted by atomic mass is 16.1. The minimum absolute atomic E-state index is 0.247. The van der Waals surface area contributed by atoms with Crippen LogP contribution >= 0.6 is 0 Å². The van der Waals surface area contributed by atoms with Crippen LogP contribution < -0.4 is 5.73 Å². The Hall–Kier alpha value is -1.82. The van der Waals surface area contributed by atoms with Crippen molar-refractivity contribution in [1.82, 2.24) is 19.8 Å². The molecule has 0 bridgehead atoms. The fraction of sp³-hybridized carbons (Fsp3) is 0.143. The summed E-state index contributed by atoms with van der Waals surface area (Å²) in [5, 5.41) is 11.6. The largest absolute Gasteiger partial charge is 0.324 e. The van der Waals surface area contributed by atoms with Crippen LogP contribution in [0.2, 0.25) is 0 Å². The van der Waals surface area contributed by atoms with Gasteiger partial charge in [-0.3, -0.25) is 4.79 Å². The minimum atomic E-state index is 0.247. The zero-order valence-electron chi connectivity index (χ0n) is 6.71. The van der Waals surface area contributed by atoms with E-state index in [2.05, 4.69) is 15.3 Å². The number of hydrogen-bond acceptors (Lipinski definition) is 5. The normalized spacial score (nSPS) is 10.5. The van der Waals surface area contributed by atoms with Gasteiger partial charge in [0.25, 0.3) is 0 Å². The van der Waals surface area contributed by atoms with Crippen LogP contribution in [0.15, 0.2) is 12.1 Å². The molecule has 0 fully saturated rings. The number of rotatable bonds is 2. The first-order valence-corrected chi connectivity index (χ1v) is 3.71. The van der Waals surface area contributed by atoms with Crippen molar-refractivity contribution in [2.45, 2.75) is 6.54 Å². The van der Waals surface area contributed by atoms with Gasteiger partial charge in [-0.25, -0.2) is 0 Å². The zero-order chi connectivity index (χ0) is 9.26. The smallest absolute Gasteiger partial charge is 0.178 e. The van der Waals surface area contributed by atoms with Crippen LogP contribution in [-0.4, -0.2) is 26.1 Å². The average Bonchev–Trinajstić information content (AvgIpc) is 2.59. The number of carbonyl (C=O) groups is 1. The van der Waals surface area contributed by atoms with Gasteiger partial charge in [-0.2, -0.15) is 9.61 Å². The molecule has 0 aliphatic rings. The maximum Gasteiger partial charge on any atom is 0.178 e. The third-order valence-corrected chi connectivity index (χ3v) is 1.65. The predicted octanol–water partition coefficient (Wildman–Crippen LogP) is -0.605. The molecule has 0 aliphatic carbocycles. The van der Waals surface area contributed by atoms with Crippen molar-refractivity contribution in [3.05, 3.63) is 23.7 Å². The fourth-order valence-electron chi connectivity index (χ4n) is 1.04. The Balaban J connectivity index is 2.71. The molecule has 0 aromatic carbocycles. The zero-order valence-corrected chi connectivity index (χ0v) is 6.71. The molecule has 66 valence electrons. The van der Waals surface area contributed by atoms with E-state index in [1.54, 1.807) is 12.1 Å². The van der Waals surface area contributed by atoms with Crippen LogP contribution in [0.25, 0.3) is 5.65 Å². The maximum absolute atomic E-state index is 10.4. The Morgan fingerprint density at radius 3 is 3.00 bits per heavy atom. The monoisotopic (exact) mass is 177 g/mol. The molecule has 0 aliphatic heterocycles. The summed E-state index contributed by atoms with van der Waals surface area (Å²) < 4.78 is 1.46. The molecule has 2 aromatic rings. The highest BCUT2D eigenvalue weighted by Gasteiger charge is 2.04. The molecular formula is C7H7N5O. The van der Waals surface area contributed by atoms with E-state index in [1.807, 2.05) is 0 Å². The number of carbonyl (C=O) groups excluding carboxylic acids is 1. The van der Waals surface area contributed by atoms with E-state index in [1.165, 1.54) is 4.52 Å². The highest BCUT2D eigenvalue weighted by Crippen LogP contribution is 2.01. The molecule has 2 N–H and O–H groups in total. The Morgan fingerprint density at radius 2 is 2.31 bits per heavy atom. The molecule has 2 rings (SSSR count). The summed E-state index contributed by atoms with van der Waals surface area (Å²) >= 11 is 0. The minimum Gasteiger partial charge on any atom is -0.324 e. The van der Waals surface area contributed by atoms with Gasteiger partial charge >= 0.3 is 0 Å². The van der Waals surface area contributed by atoms with Gasteiger partial charge in [-0.15, -0.1) is 10.2 Å². The average molecular weight is 177 g/mol. The van der Waals surface area contributed by atoms with Crippen molar-refractivity contribution in [3.8, 4) is 0 Å². The van der Waals surface area contributed by atoms with Gasteiger partial charge in [0.05, 0.1) is 6.54 Å². The quantitative estimate of drug-likeness (QED) is 0.619. The number of nitrogens with zero attached hydrogens (tertiary/aromatic N) is 4. The van der Waals surface area contributed by atoms with Crippen LogP contribution in [0.4, 0.5) is 0 Å². The molecule has 0 saturated heterocycles. The van der Waals surface area contributed by atoms with E-state index in [0.717, 1.165) is 0 Å². The fourth-order valence-corrected chi connectivity index (χ4v) is 1.04. The van der Waals surface area contributed by atoms with Gasteiger partial charge in [0.1, 0.15) is 5.69 Å². The number of hydrogen-bond donors (Lipinski definition) is 1. The molecule has 6 heteroatoms. The number of aldehydes is 1. The summed E-state index contributed by atoms with van der Waals surface area (Å²) in [6, 6.07) is 3.25. The molecule has 0 unspecified atom stereocenters. The summed E-state index contributed by atoms with van der Waals surface area (Å²) in [5.74, 6) is 0.540. The topological polar surface area (TPSA) is 86.2 Å². The lowest BCUT2D eigenvalue weighted by molar-refractivity contribution is 0.111. The first kappa shape index (κ1) is 7.81. The molecule has 0 saturated carbocycles. The second-order valence-electron chi connectivity index (χ2n) is 2.47. The lowest BCUT2D eigenvalue weighted by Crippen LogP contribution is -2.06. The van der Waals surface area contributed by atoms with E-state index in [-0.39, 0.29) is 6.54 Å². The Kier molecular flexibility index (Phi) is 1.75. The van der Waals surface area contributed by atoms with Crippen LogP contribution in [0, 0.1) is 0 Å². The Bertz CT molecular complexity index is 449. The third-order valence-electron chi connectivity index (χ3n) is 1.65. The first-order chi connectivity index (χ1) is 6.35. The van der Waals surface area contributed by atoms with Crippen molar-refractivity contribution in [1.29, 1.82) is 0 Å². The number of aromatic nitrogens is 4. The summed E-state index contributed by atoms with van der Waals surface area (Å²) in [4.78, 5) is 10.4. The van der Waals surface area contributed by atoms with Crippen LogP contribution in [0.1, 0.15) is 16.3 Å². The van der Waals surface area contributed by atoms with Gasteiger partial charge in [0.2, 0.25) is 0 Å². The second kappa shape index (κ2) is 2.91. The van der Waals surface area contributed by atoms with Crippen LogP contribution in [-0.2, 0) is 6.54 Å². The lowest BCUT2D eigenvalue weighted by Gasteiger charge is -1.94.